The van der Waals surface area contributed by atoms with Crippen LogP contribution in [0, 0.1) is 0 Å². The second-order valence-corrected chi connectivity index (χ2v) is 5.90. The van der Waals surface area contributed by atoms with Crippen molar-refractivity contribution >= 4 is 17.8 Å². The number of carbonyl (C=O) groups is 2. The van der Waals surface area contributed by atoms with E-state index in [-0.39, 0.29) is 25.1 Å². The van der Waals surface area contributed by atoms with Crippen molar-refractivity contribution in [2.24, 2.45) is 0 Å². The van der Waals surface area contributed by atoms with Crippen molar-refractivity contribution in [3.05, 3.63) is 22.7 Å². The van der Waals surface area contributed by atoms with E-state index >= 15 is 0 Å². The van der Waals surface area contributed by atoms with Gasteiger partial charge < -0.3 is 19.9 Å². The van der Waals surface area contributed by atoms with Crippen LogP contribution in [0.5, 0.6) is 0 Å². The largest absolute Gasteiger partial charge is 0.462 e. The van der Waals surface area contributed by atoms with E-state index in [9.17, 15) is 18.8 Å². The molecule has 0 spiro atoms. The number of carbonyl (C=O) groups excluding carboxylic acids is 2. The fourth-order valence-corrected chi connectivity index (χ4v) is 2.59. The zero-order chi connectivity index (χ0) is 19.3. The number of anilines is 1. The summed E-state index contributed by atoms with van der Waals surface area (Å²) in [5, 5.41) is 0. The Morgan fingerprint density at radius 2 is 2.12 bits per heavy atom. The molecule has 0 bridgehead atoms. The average molecular weight is 371 g/mol. The highest BCUT2D eigenvalue weighted by atomic mass is 19.1. The fourth-order valence-electron chi connectivity index (χ4n) is 2.59. The molecule has 26 heavy (non-hydrogen) atoms. The Kier molecular flexibility index (Phi) is 6.30. The molecule has 144 valence electrons. The van der Waals surface area contributed by atoms with E-state index in [1.165, 1.54) is 12.3 Å². The highest BCUT2D eigenvalue weighted by Gasteiger charge is 2.53. The molecule has 2 N–H and O–H groups in total. The topological polar surface area (TPSA) is 123 Å². The third-order valence-corrected chi connectivity index (χ3v) is 4.09. The van der Waals surface area contributed by atoms with E-state index in [1.54, 1.807) is 13.8 Å². The maximum atomic E-state index is 13.9. The first-order valence-electron chi connectivity index (χ1n) is 8.28. The lowest BCUT2D eigenvalue weighted by Crippen LogP contribution is -2.48. The molecule has 0 aliphatic carbocycles. The Labute approximate surface area is 149 Å². The van der Waals surface area contributed by atoms with Gasteiger partial charge in [-0.1, -0.05) is 13.8 Å². The van der Waals surface area contributed by atoms with Gasteiger partial charge in [0.15, 0.2) is 5.60 Å². The van der Waals surface area contributed by atoms with Crippen molar-refractivity contribution < 1.29 is 28.2 Å². The van der Waals surface area contributed by atoms with Gasteiger partial charge in [0.2, 0.25) is 0 Å². The third-order valence-electron chi connectivity index (χ3n) is 4.09. The molecule has 3 atom stereocenters. The van der Waals surface area contributed by atoms with Gasteiger partial charge in [-0.3, -0.25) is 14.2 Å². The van der Waals surface area contributed by atoms with Crippen LogP contribution in [0.2, 0.25) is 0 Å². The van der Waals surface area contributed by atoms with Gasteiger partial charge in [-0.25, -0.2) is 9.18 Å². The second kappa shape index (κ2) is 8.26. The maximum absolute atomic E-state index is 13.9. The van der Waals surface area contributed by atoms with Crippen molar-refractivity contribution in [1.29, 1.82) is 0 Å². The van der Waals surface area contributed by atoms with Crippen molar-refractivity contribution in [3.63, 3.8) is 0 Å². The summed E-state index contributed by atoms with van der Waals surface area (Å²) < 4.78 is 31.1. The molecule has 1 aliphatic rings. The van der Waals surface area contributed by atoms with Crippen LogP contribution >= 0.6 is 0 Å². The lowest BCUT2D eigenvalue weighted by molar-refractivity contribution is -0.181. The summed E-state index contributed by atoms with van der Waals surface area (Å²) >= 11 is 0. The van der Waals surface area contributed by atoms with E-state index in [0.29, 0.717) is 0 Å². The Bertz CT molecular complexity index is 724. The van der Waals surface area contributed by atoms with Crippen LogP contribution in [-0.4, -0.2) is 46.5 Å². The van der Waals surface area contributed by atoms with E-state index in [1.807, 2.05) is 0 Å². The minimum atomic E-state index is -1.69. The number of aromatic nitrogens is 2. The molecule has 1 aromatic rings. The number of alkyl halides is 1. The summed E-state index contributed by atoms with van der Waals surface area (Å²) in [4.78, 5) is 38.8. The first-order chi connectivity index (χ1) is 12.3. The number of hydrogen-bond acceptors (Lipinski definition) is 8. The van der Waals surface area contributed by atoms with E-state index < -0.39 is 48.8 Å². The SMILES string of the molecule is CCC(=O)OCC1(CF)OC(n2ccc(N)nc2=O)CC1OC(=O)CC. The number of nitrogens with zero attached hydrogens (tertiary/aromatic N) is 2. The number of halogens is 1. The highest BCUT2D eigenvalue weighted by molar-refractivity contribution is 5.69. The van der Waals surface area contributed by atoms with Gasteiger partial charge in [0.05, 0.1) is 0 Å². The third kappa shape index (κ3) is 4.18. The molecule has 0 saturated carbocycles. The van der Waals surface area contributed by atoms with Gasteiger partial charge >= 0.3 is 17.6 Å². The lowest BCUT2D eigenvalue weighted by atomic mass is 9.99. The van der Waals surface area contributed by atoms with Crippen molar-refractivity contribution in [2.45, 2.75) is 51.0 Å². The zero-order valence-corrected chi connectivity index (χ0v) is 14.6. The molecule has 1 saturated heterocycles. The highest BCUT2D eigenvalue weighted by Crippen LogP contribution is 2.39. The zero-order valence-electron chi connectivity index (χ0n) is 14.6. The normalized spacial score (nSPS) is 25.0. The fraction of sp³-hybridized carbons (Fsp3) is 0.625. The summed E-state index contributed by atoms with van der Waals surface area (Å²) in [6.07, 6.45) is -0.417. The first kappa shape index (κ1) is 19.8. The molecule has 2 heterocycles. The molecule has 9 nitrogen and oxygen atoms in total. The van der Waals surface area contributed by atoms with E-state index in [4.69, 9.17) is 19.9 Å². The van der Waals surface area contributed by atoms with Gasteiger partial charge in [0.25, 0.3) is 0 Å². The molecule has 0 aromatic carbocycles. The van der Waals surface area contributed by atoms with Crippen LogP contribution in [0.4, 0.5) is 10.2 Å². The summed E-state index contributed by atoms with van der Waals surface area (Å²) in [7, 11) is 0. The predicted octanol–water partition coefficient (Wildman–Crippen LogP) is 0.728. The van der Waals surface area contributed by atoms with Crippen molar-refractivity contribution in [2.75, 3.05) is 19.0 Å². The maximum Gasteiger partial charge on any atom is 0.351 e. The number of esters is 2. The Balaban J connectivity index is 2.30. The smallest absolute Gasteiger partial charge is 0.351 e. The monoisotopic (exact) mass is 371 g/mol. The van der Waals surface area contributed by atoms with Crippen molar-refractivity contribution in [3.8, 4) is 0 Å². The molecule has 1 fully saturated rings. The van der Waals surface area contributed by atoms with Crippen molar-refractivity contribution in [1.82, 2.24) is 9.55 Å². The summed E-state index contributed by atoms with van der Waals surface area (Å²) in [6, 6.07) is 1.39. The molecular formula is C16H22FN3O6. The standard InChI is InChI=1S/C16H22FN3O6/c1-3-13(21)24-9-16(8-17)10(25-14(22)4-2)7-12(26-16)20-6-5-11(18)19-15(20)23/h5-6,10,12H,3-4,7-9H2,1-2H3,(H2,18,19,23). The molecule has 1 aliphatic heterocycles. The second-order valence-electron chi connectivity index (χ2n) is 5.90. The van der Waals surface area contributed by atoms with Gasteiger partial charge in [0.1, 0.15) is 31.4 Å². The van der Waals surface area contributed by atoms with Crippen LogP contribution in [0.1, 0.15) is 39.3 Å². The Hall–Kier alpha value is -2.49. The minimum Gasteiger partial charge on any atom is -0.462 e. The summed E-state index contributed by atoms with van der Waals surface area (Å²) in [6.45, 7) is 1.68. The van der Waals surface area contributed by atoms with Gasteiger partial charge in [-0.15, -0.1) is 0 Å². The molecule has 10 heteroatoms. The number of ether oxygens (including phenoxy) is 3. The lowest BCUT2D eigenvalue weighted by Gasteiger charge is -2.30. The Morgan fingerprint density at radius 3 is 2.69 bits per heavy atom. The number of hydrogen-bond donors (Lipinski definition) is 1. The molecule has 0 radical (unpaired) electrons. The quantitative estimate of drug-likeness (QED) is 0.696. The van der Waals surface area contributed by atoms with Crippen LogP contribution in [-0.2, 0) is 23.8 Å². The number of rotatable bonds is 7. The van der Waals surface area contributed by atoms with Crippen LogP contribution < -0.4 is 11.4 Å². The molecule has 0 amide bonds. The molecular weight excluding hydrogens is 349 g/mol. The molecule has 3 unspecified atom stereocenters. The van der Waals surface area contributed by atoms with Gasteiger partial charge in [-0.05, 0) is 6.07 Å². The van der Waals surface area contributed by atoms with Gasteiger partial charge in [-0.2, -0.15) is 4.98 Å². The van der Waals surface area contributed by atoms with Crippen LogP contribution in [0.15, 0.2) is 17.1 Å². The predicted molar refractivity (Wildman–Crippen MR) is 87.8 cm³/mol. The minimum absolute atomic E-state index is 0.00480. The van der Waals surface area contributed by atoms with E-state index in [0.717, 1.165) is 4.57 Å². The number of nitrogen functional groups attached to an aromatic ring is 1. The molecule has 2 rings (SSSR count). The van der Waals surface area contributed by atoms with Crippen LogP contribution in [0.3, 0.4) is 0 Å². The Morgan fingerprint density at radius 1 is 1.42 bits per heavy atom. The molecule has 1 aromatic heterocycles. The summed E-state index contributed by atoms with van der Waals surface area (Å²) in [5.41, 5.74) is 3.08. The van der Waals surface area contributed by atoms with Crippen LogP contribution in [0.25, 0.3) is 0 Å². The van der Waals surface area contributed by atoms with Gasteiger partial charge in [0, 0.05) is 25.5 Å². The number of nitrogens with two attached hydrogens (primary N) is 1. The van der Waals surface area contributed by atoms with E-state index in [2.05, 4.69) is 4.98 Å². The summed E-state index contributed by atoms with van der Waals surface area (Å²) in [5.74, 6) is -1.06. The first-order valence-corrected chi connectivity index (χ1v) is 8.28. The average Bonchev–Trinajstić information content (AvgIpc) is 2.98.